The molecular formula is C20H18N2O4. The molecule has 0 spiro atoms. The fourth-order valence-corrected chi connectivity index (χ4v) is 2.36. The number of aromatic nitrogens is 1. The zero-order valence-corrected chi connectivity index (χ0v) is 14.4. The summed E-state index contributed by atoms with van der Waals surface area (Å²) in [6, 6.07) is 15.8. The molecular weight excluding hydrogens is 332 g/mol. The van der Waals surface area contributed by atoms with Crippen molar-refractivity contribution < 1.29 is 19.1 Å². The van der Waals surface area contributed by atoms with Gasteiger partial charge in [-0.1, -0.05) is 12.1 Å². The van der Waals surface area contributed by atoms with E-state index >= 15 is 0 Å². The molecule has 0 saturated carbocycles. The molecule has 1 amide bonds. The molecule has 26 heavy (non-hydrogen) atoms. The molecule has 0 aliphatic rings. The first kappa shape index (κ1) is 17.3. The molecule has 0 saturated heterocycles. The monoisotopic (exact) mass is 350 g/mol. The van der Waals surface area contributed by atoms with Crippen molar-refractivity contribution in [3.05, 3.63) is 72.1 Å². The molecule has 0 fully saturated rings. The van der Waals surface area contributed by atoms with E-state index in [2.05, 4.69) is 10.3 Å². The van der Waals surface area contributed by atoms with Crippen LogP contribution in [-0.4, -0.2) is 23.8 Å². The third-order valence-corrected chi connectivity index (χ3v) is 3.74. The van der Waals surface area contributed by atoms with Gasteiger partial charge in [0.2, 0.25) is 0 Å². The van der Waals surface area contributed by atoms with Gasteiger partial charge in [0, 0.05) is 17.4 Å². The molecule has 3 aromatic rings. The van der Waals surface area contributed by atoms with Crippen molar-refractivity contribution in [2.45, 2.75) is 6.92 Å². The molecule has 6 nitrogen and oxygen atoms in total. The number of Topliss-reactive ketones (excluding diaryl/α,β-unsaturated/α-hetero) is 1. The number of hydrogen-bond donors (Lipinski definition) is 2. The lowest BCUT2D eigenvalue weighted by atomic mass is 10.2. The summed E-state index contributed by atoms with van der Waals surface area (Å²) >= 11 is 0. The SMILES string of the molecule is COc1ccccc1Oc1ccc(NC(=O)c2cc(C(C)=O)c[nH]2)cc1. The van der Waals surface area contributed by atoms with Crippen LogP contribution in [0.25, 0.3) is 0 Å². The molecule has 1 aromatic heterocycles. The number of H-pyrrole nitrogens is 1. The van der Waals surface area contributed by atoms with Crippen LogP contribution in [-0.2, 0) is 0 Å². The molecule has 0 bridgehead atoms. The minimum absolute atomic E-state index is 0.0989. The highest BCUT2D eigenvalue weighted by Crippen LogP contribution is 2.31. The number of anilines is 1. The molecule has 2 N–H and O–H groups in total. The fourth-order valence-electron chi connectivity index (χ4n) is 2.36. The van der Waals surface area contributed by atoms with E-state index < -0.39 is 0 Å². The number of carbonyl (C=O) groups excluding carboxylic acids is 2. The number of amides is 1. The molecule has 0 radical (unpaired) electrons. The van der Waals surface area contributed by atoms with Crippen LogP contribution in [0.15, 0.2) is 60.8 Å². The quantitative estimate of drug-likeness (QED) is 0.651. The molecule has 6 heteroatoms. The highest BCUT2D eigenvalue weighted by molar-refractivity contribution is 6.05. The standard InChI is InChI=1S/C20H18N2O4/c1-13(23)14-11-17(21-12-14)20(24)22-15-7-9-16(10-8-15)26-19-6-4-3-5-18(19)25-2/h3-12,21H,1-2H3,(H,22,24). The first-order chi connectivity index (χ1) is 12.6. The van der Waals surface area contributed by atoms with Crippen molar-refractivity contribution in [3.63, 3.8) is 0 Å². The molecule has 1 heterocycles. The van der Waals surface area contributed by atoms with E-state index in [0.29, 0.717) is 34.2 Å². The van der Waals surface area contributed by atoms with E-state index in [1.165, 1.54) is 19.2 Å². The van der Waals surface area contributed by atoms with Gasteiger partial charge in [-0.15, -0.1) is 0 Å². The van der Waals surface area contributed by atoms with Gasteiger partial charge in [0.05, 0.1) is 7.11 Å². The summed E-state index contributed by atoms with van der Waals surface area (Å²) in [5.41, 5.74) is 1.40. The number of aromatic amines is 1. The predicted molar refractivity (Wildman–Crippen MR) is 98.3 cm³/mol. The van der Waals surface area contributed by atoms with Crippen LogP contribution < -0.4 is 14.8 Å². The van der Waals surface area contributed by atoms with Gasteiger partial charge in [-0.3, -0.25) is 9.59 Å². The molecule has 132 valence electrons. The van der Waals surface area contributed by atoms with Gasteiger partial charge >= 0.3 is 0 Å². The van der Waals surface area contributed by atoms with E-state index in [-0.39, 0.29) is 11.7 Å². The van der Waals surface area contributed by atoms with Gasteiger partial charge < -0.3 is 19.8 Å². The number of ketones is 1. The molecule has 0 aliphatic heterocycles. The Morgan fingerprint density at radius 1 is 1.00 bits per heavy atom. The Bertz CT molecular complexity index is 929. The van der Waals surface area contributed by atoms with Crippen molar-refractivity contribution in [2.75, 3.05) is 12.4 Å². The number of hydrogen-bond acceptors (Lipinski definition) is 4. The summed E-state index contributed by atoms with van der Waals surface area (Å²) in [7, 11) is 1.58. The summed E-state index contributed by atoms with van der Waals surface area (Å²) in [4.78, 5) is 26.3. The van der Waals surface area contributed by atoms with E-state index in [4.69, 9.17) is 9.47 Å². The van der Waals surface area contributed by atoms with Gasteiger partial charge in [-0.05, 0) is 49.4 Å². The third-order valence-electron chi connectivity index (χ3n) is 3.74. The predicted octanol–water partition coefficient (Wildman–Crippen LogP) is 4.27. The third kappa shape index (κ3) is 3.92. The van der Waals surface area contributed by atoms with Gasteiger partial charge in [-0.25, -0.2) is 0 Å². The first-order valence-electron chi connectivity index (χ1n) is 7.98. The molecule has 2 aromatic carbocycles. The normalized spacial score (nSPS) is 10.2. The highest BCUT2D eigenvalue weighted by atomic mass is 16.5. The van der Waals surface area contributed by atoms with Crippen LogP contribution in [0.4, 0.5) is 5.69 Å². The second-order valence-corrected chi connectivity index (χ2v) is 5.59. The lowest BCUT2D eigenvalue weighted by Crippen LogP contribution is -2.12. The summed E-state index contributed by atoms with van der Waals surface area (Å²) in [5, 5.41) is 2.76. The van der Waals surface area contributed by atoms with Crippen molar-refractivity contribution >= 4 is 17.4 Å². The number of para-hydroxylation sites is 2. The maximum absolute atomic E-state index is 12.2. The van der Waals surface area contributed by atoms with Crippen molar-refractivity contribution in [3.8, 4) is 17.2 Å². The average molecular weight is 350 g/mol. The smallest absolute Gasteiger partial charge is 0.272 e. The largest absolute Gasteiger partial charge is 0.493 e. The number of rotatable bonds is 6. The first-order valence-corrected chi connectivity index (χ1v) is 7.98. The number of nitrogens with one attached hydrogen (secondary N) is 2. The summed E-state index contributed by atoms with van der Waals surface area (Å²) < 4.78 is 11.0. The van der Waals surface area contributed by atoms with Gasteiger partial charge in [0.25, 0.3) is 5.91 Å². The zero-order chi connectivity index (χ0) is 18.5. The van der Waals surface area contributed by atoms with E-state index in [9.17, 15) is 9.59 Å². The van der Waals surface area contributed by atoms with E-state index in [1.54, 1.807) is 31.4 Å². The topological polar surface area (TPSA) is 80.4 Å². The molecule has 0 unspecified atom stereocenters. The van der Waals surface area contributed by atoms with Gasteiger partial charge in [0.1, 0.15) is 11.4 Å². The minimum Gasteiger partial charge on any atom is -0.493 e. The lowest BCUT2D eigenvalue weighted by molar-refractivity contribution is 0.101. The minimum atomic E-state index is -0.323. The highest BCUT2D eigenvalue weighted by Gasteiger charge is 2.11. The average Bonchev–Trinajstić information content (AvgIpc) is 3.14. The van der Waals surface area contributed by atoms with Crippen molar-refractivity contribution in [1.82, 2.24) is 4.98 Å². The van der Waals surface area contributed by atoms with Gasteiger partial charge in [-0.2, -0.15) is 0 Å². The number of carbonyl (C=O) groups is 2. The Labute approximate surface area is 150 Å². The maximum Gasteiger partial charge on any atom is 0.272 e. The lowest BCUT2D eigenvalue weighted by Gasteiger charge is -2.10. The Morgan fingerprint density at radius 2 is 1.69 bits per heavy atom. The summed E-state index contributed by atoms with van der Waals surface area (Å²) in [5.74, 6) is 1.44. The fraction of sp³-hybridized carbons (Fsp3) is 0.100. The Balaban J connectivity index is 1.67. The molecule has 0 aliphatic carbocycles. The Morgan fingerprint density at radius 3 is 2.31 bits per heavy atom. The molecule has 3 rings (SSSR count). The summed E-state index contributed by atoms with van der Waals surface area (Å²) in [6.07, 6.45) is 1.52. The van der Waals surface area contributed by atoms with Crippen LogP contribution in [0.2, 0.25) is 0 Å². The van der Waals surface area contributed by atoms with Crippen LogP contribution in [0.1, 0.15) is 27.8 Å². The van der Waals surface area contributed by atoms with E-state index in [0.717, 1.165) is 0 Å². The number of ether oxygens (including phenoxy) is 2. The second kappa shape index (κ2) is 7.57. The van der Waals surface area contributed by atoms with Crippen molar-refractivity contribution in [1.29, 1.82) is 0 Å². The Hall–Kier alpha value is -3.54. The van der Waals surface area contributed by atoms with Crippen LogP contribution in [0, 0.1) is 0 Å². The Kier molecular flexibility index (Phi) is 5.03. The molecule has 0 atom stereocenters. The summed E-state index contributed by atoms with van der Waals surface area (Å²) in [6.45, 7) is 1.45. The van der Waals surface area contributed by atoms with Crippen LogP contribution >= 0.6 is 0 Å². The van der Waals surface area contributed by atoms with E-state index in [1.807, 2.05) is 24.3 Å². The van der Waals surface area contributed by atoms with Gasteiger partial charge in [0.15, 0.2) is 17.3 Å². The zero-order valence-electron chi connectivity index (χ0n) is 14.4. The van der Waals surface area contributed by atoms with Crippen LogP contribution in [0.5, 0.6) is 17.2 Å². The van der Waals surface area contributed by atoms with Crippen LogP contribution in [0.3, 0.4) is 0 Å². The van der Waals surface area contributed by atoms with Crippen molar-refractivity contribution in [2.24, 2.45) is 0 Å². The maximum atomic E-state index is 12.2. The second-order valence-electron chi connectivity index (χ2n) is 5.59. The number of methoxy groups -OCH3 is 1. The number of benzene rings is 2.